The molecular weight excluding hydrogens is 1230 g/mol. The van der Waals surface area contributed by atoms with E-state index >= 15 is 0 Å². The van der Waals surface area contributed by atoms with Crippen molar-refractivity contribution < 1.29 is 80.2 Å². The average Bonchev–Trinajstić information content (AvgIpc) is 1.48. The summed E-state index contributed by atoms with van der Waals surface area (Å²) in [4.78, 5) is 72.7. The van der Waals surface area contributed by atoms with Crippen LogP contribution in [0, 0.1) is 11.8 Å². The van der Waals surface area contributed by atoms with Gasteiger partial charge in [0.15, 0.2) is 12.2 Å². The van der Waals surface area contributed by atoms with E-state index in [4.69, 9.17) is 37.0 Å². The van der Waals surface area contributed by atoms with Gasteiger partial charge in [-0.05, 0) is 37.5 Å². The fraction of sp³-hybridized carbons (Fsp3) is 0.947. The molecule has 0 aromatic carbocycles. The third-order valence-electron chi connectivity index (χ3n) is 17.8. The second kappa shape index (κ2) is 66.9. The first-order valence-electron chi connectivity index (χ1n) is 39.0. The maximum atomic E-state index is 13.1. The number of phosphoric ester groups is 2. The Morgan fingerprint density at radius 3 is 0.809 bits per heavy atom. The normalized spacial score (nSPS) is 14.3. The van der Waals surface area contributed by atoms with Gasteiger partial charge in [0, 0.05) is 25.7 Å². The molecule has 0 aliphatic heterocycles. The minimum atomic E-state index is -4.96. The Bertz CT molecular complexity index is 1820. The lowest BCUT2D eigenvalue weighted by Gasteiger charge is -2.21. The predicted molar refractivity (Wildman–Crippen MR) is 381 cm³/mol. The fourth-order valence-corrected chi connectivity index (χ4v) is 13.0. The number of unbranched alkanes of at least 4 members (excludes halogenated alkanes) is 43. The standard InChI is InChI=1S/C75H146O17P2/c1-7-10-12-14-16-18-19-20-22-26-29-33-40-46-52-58-73(78)86-64-70(91-74(79)59-53-47-41-34-30-27-24-21-23-25-28-32-37-43-49-55-67(4)5)65-89-93(81,82)87-61-69(76)62-88-94(83,84)90-66-71(63-85-72(77)57-51-45-39-31-17-15-13-11-8-2)92-75(80)60-54-48-42-36-35-38-44-50-56-68(6)9-3/h67-71,76H,7-66H2,1-6H3,(H,81,82)(H,83,84)/t68?,69-,70-,71-/m1/s1. The van der Waals surface area contributed by atoms with Crippen molar-refractivity contribution in [2.24, 2.45) is 11.8 Å². The maximum absolute atomic E-state index is 13.1. The average molecular weight is 1380 g/mol. The summed E-state index contributed by atoms with van der Waals surface area (Å²) < 4.78 is 68.5. The van der Waals surface area contributed by atoms with Crippen molar-refractivity contribution >= 4 is 39.5 Å². The SMILES string of the molecule is CCCCCCCCCCCCCCCCCC(=O)OC[C@H](COP(=O)(O)OC[C@@H](O)COP(=O)(O)OC[C@@H](COC(=O)CCCCCCCCCCC)OC(=O)CCCCCCCCCCC(C)CC)OC(=O)CCCCCCCCCCCCCCCCCC(C)C. The number of carbonyl (C=O) groups is 4. The highest BCUT2D eigenvalue weighted by atomic mass is 31.2. The molecule has 3 unspecified atom stereocenters. The molecule has 0 rings (SSSR count). The monoisotopic (exact) mass is 1380 g/mol. The maximum Gasteiger partial charge on any atom is 0.472 e. The minimum Gasteiger partial charge on any atom is -0.462 e. The molecule has 0 bridgehead atoms. The highest BCUT2D eigenvalue weighted by Crippen LogP contribution is 2.45. The highest BCUT2D eigenvalue weighted by Gasteiger charge is 2.30. The van der Waals surface area contributed by atoms with Crippen LogP contribution in [0.15, 0.2) is 0 Å². The molecule has 6 atom stereocenters. The molecule has 0 spiro atoms. The summed E-state index contributed by atoms with van der Waals surface area (Å²) in [5.41, 5.74) is 0. The number of ether oxygens (including phenoxy) is 4. The molecule has 0 fully saturated rings. The Morgan fingerprint density at radius 2 is 0.543 bits per heavy atom. The lowest BCUT2D eigenvalue weighted by molar-refractivity contribution is -0.161. The van der Waals surface area contributed by atoms with Crippen LogP contribution in [0.4, 0.5) is 0 Å². The number of rotatable bonds is 74. The number of hydrogen-bond donors (Lipinski definition) is 3. The summed E-state index contributed by atoms with van der Waals surface area (Å²) in [6.07, 6.45) is 54.0. The van der Waals surface area contributed by atoms with Crippen molar-refractivity contribution in [2.45, 2.75) is 407 Å². The molecule has 0 saturated carbocycles. The summed E-state index contributed by atoms with van der Waals surface area (Å²) in [6.45, 7) is 9.60. The first kappa shape index (κ1) is 92.1. The van der Waals surface area contributed by atoms with Crippen LogP contribution in [0.1, 0.15) is 388 Å². The second-order valence-corrected chi connectivity index (χ2v) is 30.7. The highest BCUT2D eigenvalue weighted by molar-refractivity contribution is 7.47. The predicted octanol–water partition coefficient (Wildman–Crippen LogP) is 21.9. The number of phosphoric acid groups is 2. The second-order valence-electron chi connectivity index (χ2n) is 27.8. The van der Waals surface area contributed by atoms with Crippen LogP contribution in [0.5, 0.6) is 0 Å². The lowest BCUT2D eigenvalue weighted by atomic mass is 9.99. The van der Waals surface area contributed by atoms with Crippen molar-refractivity contribution in [3.63, 3.8) is 0 Å². The third kappa shape index (κ3) is 67.3. The molecule has 0 amide bonds. The van der Waals surface area contributed by atoms with E-state index in [2.05, 4.69) is 41.5 Å². The van der Waals surface area contributed by atoms with Gasteiger partial charge in [-0.15, -0.1) is 0 Å². The van der Waals surface area contributed by atoms with Gasteiger partial charge in [-0.3, -0.25) is 37.3 Å². The molecular formula is C75H146O17P2. The zero-order valence-corrected chi connectivity index (χ0v) is 63.1. The lowest BCUT2D eigenvalue weighted by Crippen LogP contribution is -2.30. The number of aliphatic hydroxyl groups is 1. The number of aliphatic hydroxyl groups excluding tert-OH is 1. The molecule has 17 nitrogen and oxygen atoms in total. The van der Waals surface area contributed by atoms with Gasteiger partial charge in [0.05, 0.1) is 26.4 Å². The Hall–Kier alpha value is -1.94. The van der Waals surface area contributed by atoms with Crippen molar-refractivity contribution in [1.29, 1.82) is 0 Å². The zero-order valence-electron chi connectivity index (χ0n) is 61.3. The Labute approximate surface area is 575 Å². The van der Waals surface area contributed by atoms with Crippen molar-refractivity contribution in [1.82, 2.24) is 0 Å². The summed E-state index contributed by atoms with van der Waals surface area (Å²) in [7, 11) is -9.91. The Morgan fingerprint density at radius 1 is 0.309 bits per heavy atom. The number of esters is 4. The van der Waals surface area contributed by atoms with E-state index < -0.39 is 97.5 Å². The van der Waals surface area contributed by atoms with E-state index in [0.29, 0.717) is 25.7 Å². The topological polar surface area (TPSA) is 237 Å². The van der Waals surface area contributed by atoms with Crippen LogP contribution >= 0.6 is 15.6 Å². The molecule has 0 saturated heterocycles. The van der Waals surface area contributed by atoms with Crippen LogP contribution < -0.4 is 0 Å². The molecule has 0 radical (unpaired) electrons. The van der Waals surface area contributed by atoms with Crippen LogP contribution in [-0.4, -0.2) is 96.7 Å². The fourth-order valence-electron chi connectivity index (χ4n) is 11.4. The van der Waals surface area contributed by atoms with E-state index in [-0.39, 0.29) is 25.7 Å². The van der Waals surface area contributed by atoms with Gasteiger partial charge >= 0.3 is 39.5 Å². The van der Waals surface area contributed by atoms with Crippen molar-refractivity contribution in [3.05, 3.63) is 0 Å². The number of carbonyl (C=O) groups excluding carboxylic acids is 4. The van der Waals surface area contributed by atoms with Gasteiger partial charge < -0.3 is 33.8 Å². The van der Waals surface area contributed by atoms with Gasteiger partial charge in [0.2, 0.25) is 0 Å². The molecule has 0 aromatic rings. The summed E-state index contributed by atoms with van der Waals surface area (Å²) in [5.74, 6) is -0.546. The zero-order chi connectivity index (χ0) is 69.3. The molecule has 0 aliphatic carbocycles. The van der Waals surface area contributed by atoms with Gasteiger partial charge in [0.25, 0.3) is 0 Å². The van der Waals surface area contributed by atoms with Crippen LogP contribution in [0.2, 0.25) is 0 Å². The van der Waals surface area contributed by atoms with Gasteiger partial charge in [-0.2, -0.15) is 0 Å². The van der Waals surface area contributed by atoms with Crippen LogP contribution in [-0.2, 0) is 65.4 Å². The molecule has 558 valence electrons. The van der Waals surface area contributed by atoms with E-state index in [1.807, 2.05) is 0 Å². The largest absolute Gasteiger partial charge is 0.472 e. The van der Waals surface area contributed by atoms with E-state index in [1.54, 1.807) is 0 Å². The van der Waals surface area contributed by atoms with E-state index in [1.165, 1.54) is 205 Å². The Balaban J connectivity index is 5.23. The van der Waals surface area contributed by atoms with Crippen LogP contribution in [0.3, 0.4) is 0 Å². The quantitative estimate of drug-likeness (QED) is 0.0222. The van der Waals surface area contributed by atoms with Crippen LogP contribution in [0.25, 0.3) is 0 Å². The van der Waals surface area contributed by atoms with Gasteiger partial charge in [-0.1, -0.05) is 337 Å². The molecule has 94 heavy (non-hydrogen) atoms. The van der Waals surface area contributed by atoms with Crippen molar-refractivity contribution in [3.8, 4) is 0 Å². The smallest absolute Gasteiger partial charge is 0.462 e. The first-order valence-corrected chi connectivity index (χ1v) is 42.0. The molecule has 19 heteroatoms. The molecule has 0 aromatic heterocycles. The molecule has 0 heterocycles. The first-order chi connectivity index (χ1) is 45.4. The number of hydrogen-bond acceptors (Lipinski definition) is 15. The third-order valence-corrected chi connectivity index (χ3v) is 19.7. The van der Waals surface area contributed by atoms with Gasteiger partial charge in [0.1, 0.15) is 19.3 Å². The summed E-state index contributed by atoms with van der Waals surface area (Å²) >= 11 is 0. The molecule has 3 N–H and O–H groups in total. The summed E-state index contributed by atoms with van der Waals surface area (Å²) in [5, 5.41) is 10.6. The summed E-state index contributed by atoms with van der Waals surface area (Å²) in [6, 6.07) is 0. The van der Waals surface area contributed by atoms with E-state index in [0.717, 1.165) is 102 Å². The van der Waals surface area contributed by atoms with E-state index in [9.17, 15) is 43.2 Å². The van der Waals surface area contributed by atoms with Gasteiger partial charge in [-0.25, -0.2) is 9.13 Å². The molecule has 0 aliphatic rings. The minimum absolute atomic E-state index is 0.105. The van der Waals surface area contributed by atoms with Crippen molar-refractivity contribution in [2.75, 3.05) is 39.6 Å². The Kier molecular flexibility index (Phi) is 65.5.